The largest absolute Gasteiger partial charge is 0.421 e. The highest BCUT2D eigenvalue weighted by Gasteiger charge is 2.35. The Morgan fingerprint density at radius 2 is 1.88 bits per heavy atom. The van der Waals surface area contributed by atoms with Crippen LogP contribution in [0, 0.1) is 12.8 Å². The number of halogens is 3. The predicted molar refractivity (Wildman–Crippen MR) is 90.5 cm³/mol. The van der Waals surface area contributed by atoms with Gasteiger partial charge >= 0.3 is 6.18 Å². The maximum atomic E-state index is 12.8. The molecule has 0 spiro atoms. The number of aromatic nitrogens is 1. The summed E-state index contributed by atoms with van der Waals surface area (Å²) in [7, 11) is 0. The van der Waals surface area contributed by atoms with Crippen LogP contribution in [0.5, 0.6) is 0 Å². The molecule has 1 atom stereocenters. The van der Waals surface area contributed by atoms with E-state index in [-0.39, 0.29) is 6.04 Å². The first-order chi connectivity index (χ1) is 12.3. The number of carbonyl (C=O) groups is 1. The van der Waals surface area contributed by atoms with Gasteiger partial charge in [0.1, 0.15) is 12.1 Å². The lowest BCUT2D eigenvalue weighted by molar-refractivity contribution is -0.139. The molecule has 2 aromatic rings. The number of pyridine rings is 1. The Morgan fingerprint density at radius 3 is 2.46 bits per heavy atom. The van der Waals surface area contributed by atoms with Crippen molar-refractivity contribution in [3.05, 3.63) is 69.6 Å². The van der Waals surface area contributed by atoms with Crippen LogP contribution in [0.15, 0.2) is 47.4 Å². The lowest BCUT2D eigenvalue weighted by Crippen LogP contribution is -2.37. The monoisotopic (exact) mass is 364 g/mol. The maximum absolute atomic E-state index is 12.8. The summed E-state index contributed by atoms with van der Waals surface area (Å²) >= 11 is 0. The SMILES string of the molecule is Cc1ccc(C(NC(=O)Cn2cccc(C(F)(F)F)c2=O)C2CC2)cc1. The lowest BCUT2D eigenvalue weighted by atomic mass is 10.0. The minimum absolute atomic E-state index is 0.190. The van der Waals surface area contributed by atoms with Crippen LogP contribution in [0.25, 0.3) is 0 Å². The normalized spacial score (nSPS) is 15.5. The second-order valence-corrected chi connectivity index (χ2v) is 6.65. The second-order valence-electron chi connectivity index (χ2n) is 6.65. The average Bonchev–Trinajstić information content (AvgIpc) is 3.39. The zero-order valence-electron chi connectivity index (χ0n) is 14.2. The van der Waals surface area contributed by atoms with Crippen LogP contribution >= 0.6 is 0 Å². The van der Waals surface area contributed by atoms with Gasteiger partial charge in [-0.15, -0.1) is 0 Å². The van der Waals surface area contributed by atoms with Crippen molar-refractivity contribution in [2.24, 2.45) is 5.92 Å². The number of nitrogens with zero attached hydrogens (tertiary/aromatic N) is 1. The Kier molecular flexibility index (Phi) is 4.89. The molecule has 138 valence electrons. The van der Waals surface area contributed by atoms with E-state index in [0.29, 0.717) is 5.92 Å². The van der Waals surface area contributed by atoms with Gasteiger partial charge in [-0.25, -0.2) is 0 Å². The maximum Gasteiger partial charge on any atom is 0.421 e. The Labute approximate surface area is 148 Å². The van der Waals surface area contributed by atoms with E-state index < -0.39 is 29.8 Å². The Hall–Kier alpha value is -2.57. The zero-order chi connectivity index (χ0) is 18.9. The minimum atomic E-state index is -4.74. The molecule has 0 saturated heterocycles. The van der Waals surface area contributed by atoms with Crippen LogP contribution < -0.4 is 10.9 Å². The van der Waals surface area contributed by atoms with Gasteiger partial charge in [0.05, 0.1) is 6.04 Å². The van der Waals surface area contributed by atoms with Crippen molar-refractivity contribution in [2.45, 2.75) is 38.5 Å². The highest BCUT2D eigenvalue weighted by atomic mass is 19.4. The summed E-state index contributed by atoms with van der Waals surface area (Å²) in [6, 6.07) is 9.43. The number of benzene rings is 1. The van der Waals surface area contributed by atoms with Gasteiger partial charge in [0.2, 0.25) is 5.91 Å². The Morgan fingerprint density at radius 1 is 1.23 bits per heavy atom. The first-order valence-electron chi connectivity index (χ1n) is 8.38. The van der Waals surface area contributed by atoms with Crippen LogP contribution in [-0.2, 0) is 17.5 Å². The summed E-state index contributed by atoms with van der Waals surface area (Å²) in [6.45, 7) is 1.52. The summed E-state index contributed by atoms with van der Waals surface area (Å²) in [5, 5.41) is 2.87. The number of rotatable bonds is 5. The molecule has 1 amide bonds. The third kappa shape index (κ3) is 4.15. The van der Waals surface area contributed by atoms with Gasteiger partial charge in [0, 0.05) is 6.20 Å². The number of aryl methyl sites for hydroxylation is 1. The fraction of sp³-hybridized carbons (Fsp3) is 0.368. The number of alkyl halides is 3. The van der Waals surface area contributed by atoms with Gasteiger partial charge < -0.3 is 9.88 Å². The fourth-order valence-corrected chi connectivity index (χ4v) is 2.93. The van der Waals surface area contributed by atoms with Gasteiger partial charge in [-0.05, 0) is 43.4 Å². The fourth-order valence-electron chi connectivity index (χ4n) is 2.93. The topological polar surface area (TPSA) is 51.1 Å². The zero-order valence-corrected chi connectivity index (χ0v) is 14.2. The first kappa shape index (κ1) is 18.2. The third-order valence-corrected chi connectivity index (χ3v) is 4.49. The van der Waals surface area contributed by atoms with E-state index in [0.717, 1.165) is 40.7 Å². The molecule has 0 bridgehead atoms. The van der Waals surface area contributed by atoms with E-state index in [2.05, 4.69) is 5.32 Å². The average molecular weight is 364 g/mol. The van der Waals surface area contributed by atoms with Crippen LogP contribution in [-0.4, -0.2) is 10.5 Å². The molecular formula is C19H19F3N2O2. The molecule has 1 saturated carbocycles. The highest BCUT2D eigenvalue weighted by Crippen LogP contribution is 2.41. The first-order valence-corrected chi connectivity index (χ1v) is 8.38. The molecule has 1 aliphatic carbocycles. The van der Waals surface area contributed by atoms with Crippen molar-refractivity contribution in [3.8, 4) is 0 Å². The molecule has 1 unspecified atom stereocenters. The number of carbonyl (C=O) groups excluding carboxylic acids is 1. The van der Waals surface area contributed by atoms with E-state index in [1.165, 1.54) is 6.20 Å². The van der Waals surface area contributed by atoms with Crippen molar-refractivity contribution < 1.29 is 18.0 Å². The summed E-state index contributed by atoms with van der Waals surface area (Å²) in [5.74, 6) is -0.163. The van der Waals surface area contributed by atoms with Gasteiger partial charge in [-0.3, -0.25) is 9.59 Å². The van der Waals surface area contributed by atoms with Gasteiger partial charge in [-0.2, -0.15) is 13.2 Å². The number of hydrogen-bond donors (Lipinski definition) is 1. The molecule has 1 heterocycles. The lowest BCUT2D eigenvalue weighted by Gasteiger charge is -2.19. The van der Waals surface area contributed by atoms with Gasteiger partial charge in [0.25, 0.3) is 5.56 Å². The molecule has 3 rings (SSSR count). The Balaban J connectivity index is 1.76. The van der Waals surface area contributed by atoms with Crippen molar-refractivity contribution in [1.82, 2.24) is 9.88 Å². The second kappa shape index (κ2) is 6.97. The van der Waals surface area contributed by atoms with Crippen molar-refractivity contribution >= 4 is 5.91 Å². The van der Waals surface area contributed by atoms with Crippen LogP contribution in [0.4, 0.5) is 13.2 Å². The molecule has 1 aromatic heterocycles. The molecule has 1 N–H and O–H groups in total. The molecule has 26 heavy (non-hydrogen) atoms. The predicted octanol–water partition coefficient (Wildman–Crippen LogP) is 3.44. The molecule has 1 aliphatic rings. The third-order valence-electron chi connectivity index (χ3n) is 4.49. The number of hydrogen-bond acceptors (Lipinski definition) is 2. The van der Waals surface area contributed by atoms with E-state index in [1.807, 2.05) is 31.2 Å². The summed E-state index contributed by atoms with van der Waals surface area (Å²) in [5.41, 5.74) is -0.425. The van der Waals surface area contributed by atoms with Gasteiger partial charge in [-0.1, -0.05) is 29.8 Å². The number of amides is 1. The van der Waals surface area contributed by atoms with Gasteiger partial charge in [0.15, 0.2) is 0 Å². The highest BCUT2D eigenvalue weighted by molar-refractivity contribution is 5.76. The Bertz CT molecular complexity index is 852. The molecule has 7 heteroatoms. The quantitative estimate of drug-likeness (QED) is 0.884. The van der Waals surface area contributed by atoms with Crippen molar-refractivity contribution in [3.63, 3.8) is 0 Å². The molecule has 1 fully saturated rings. The van der Waals surface area contributed by atoms with Crippen LogP contribution in [0.1, 0.15) is 35.6 Å². The minimum Gasteiger partial charge on any atom is -0.347 e. The smallest absolute Gasteiger partial charge is 0.347 e. The van der Waals surface area contributed by atoms with E-state index >= 15 is 0 Å². The van der Waals surface area contributed by atoms with Crippen molar-refractivity contribution in [1.29, 1.82) is 0 Å². The molecular weight excluding hydrogens is 345 g/mol. The molecule has 0 aliphatic heterocycles. The summed E-state index contributed by atoms with van der Waals surface area (Å²) in [4.78, 5) is 24.3. The molecule has 1 aromatic carbocycles. The molecule has 4 nitrogen and oxygen atoms in total. The number of nitrogens with one attached hydrogen (secondary N) is 1. The van der Waals surface area contributed by atoms with Crippen molar-refractivity contribution in [2.75, 3.05) is 0 Å². The van der Waals surface area contributed by atoms with E-state index in [4.69, 9.17) is 0 Å². The summed E-state index contributed by atoms with van der Waals surface area (Å²) < 4.78 is 39.3. The van der Waals surface area contributed by atoms with Crippen LogP contribution in [0.3, 0.4) is 0 Å². The van der Waals surface area contributed by atoms with Crippen LogP contribution in [0.2, 0.25) is 0 Å². The van der Waals surface area contributed by atoms with E-state index in [9.17, 15) is 22.8 Å². The van der Waals surface area contributed by atoms with E-state index in [1.54, 1.807) is 0 Å². The molecule has 0 radical (unpaired) electrons. The summed E-state index contributed by atoms with van der Waals surface area (Å²) in [6.07, 6.45) is -1.57. The standard InChI is InChI=1S/C19H19F3N2O2/c1-12-4-6-13(7-5-12)17(14-8-9-14)23-16(25)11-24-10-2-3-15(18(24)26)19(20,21)22/h2-7,10,14,17H,8-9,11H2,1H3,(H,23,25).